The maximum atomic E-state index is 13.2. The zero-order valence-electron chi connectivity index (χ0n) is 21.6. The van der Waals surface area contributed by atoms with Crippen molar-refractivity contribution in [1.82, 2.24) is 14.9 Å². The molecule has 1 saturated heterocycles. The van der Waals surface area contributed by atoms with E-state index in [0.29, 0.717) is 40.7 Å². The highest BCUT2D eigenvalue weighted by molar-refractivity contribution is 7.89. The van der Waals surface area contributed by atoms with Crippen LogP contribution in [0.2, 0.25) is 0 Å². The van der Waals surface area contributed by atoms with Crippen LogP contribution in [0.25, 0.3) is 22.0 Å². The Morgan fingerprint density at radius 2 is 1.90 bits per heavy atom. The predicted molar refractivity (Wildman–Crippen MR) is 149 cm³/mol. The highest BCUT2D eigenvalue weighted by Crippen LogP contribution is 2.33. The first-order valence-corrected chi connectivity index (χ1v) is 14.0. The van der Waals surface area contributed by atoms with Gasteiger partial charge in [0.05, 0.1) is 23.7 Å². The van der Waals surface area contributed by atoms with Gasteiger partial charge in [0.25, 0.3) is 5.91 Å². The van der Waals surface area contributed by atoms with Crippen molar-refractivity contribution < 1.29 is 22.7 Å². The number of aromatic nitrogens is 2. The highest BCUT2D eigenvalue weighted by Gasteiger charge is 2.23. The lowest BCUT2D eigenvalue weighted by Gasteiger charge is -2.15. The van der Waals surface area contributed by atoms with Crippen LogP contribution in [0.3, 0.4) is 0 Å². The number of nitrogens with one attached hydrogen (secondary N) is 2. The minimum Gasteiger partial charge on any atom is -0.496 e. The van der Waals surface area contributed by atoms with Crippen LogP contribution in [-0.2, 0) is 14.8 Å². The molecule has 1 atom stereocenters. The number of aryl methyl sites for hydroxylation is 1. The van der Waals surface area contributed by atoms with Crippen LogP contribution >= 0.6 is 0 Å². The van der Waals surface area contributed by atoms with Crippen LogP contribution in [0.4, 0.5) is 11.5 Å². The van der Waals surface area contributed by atoms with Crippen molar-refractivity contribution in [3.8, 4) is 17.0 Å². The second kappa shape index (κ2) is 11.0. The average molecular weight is 548 g/mol. The molecular weight excluding hydrogens is 518 g/mol. The largest absolute Gasteiger partial charge is 0.496 e. The van der Waals surface area contributed by atoms with Crippen molar-refractivity contribution in [3.63, 3.8) is 0 Å². The third-order valence-electron chi connectivity index (χ3n) is 6.69. The monoisotopic (exact) mass is 547 g/mol. The van der Waals surface area contributed by atoms with Crippen LogP contribution in [0.1, 0.15) is 28.8 Å². The summed E-state index contributed by atoms with van der Waals surface area (Å²) in [6, 6.07) is 17.8. The van der Waals surface area contributed by atoms with Crippen molar-refractivity contribution in [2.75, 3.05) is 25.6 Å². The fourth-order valence-electron chi connectivity index (χ4n) is 4.65. The zero-order valence-corrected chi connectivity index (χ0v) is 22.4. The van der Waals surface area contributed by atoms with Gasteiger partial charge in [-0.25, -0.2) is 13.1 Å². The lowest BCUT2D eigenvalue weighted by Crippen LogP contribution is -2.32. The summed E-state index contributed by atoms with van der Waals surface area (Å²) in [7, 11) is -2.30. The lowest BCUT2D eigenvalue weighted by atomic mass is 10.0. The number of hydrogen-bond donors (Lipinski definition) is 3. The van der Waals surface area contributed by atoms with E-state index in [1.165, 1.54) is 7.11 Å². The number of carbonyl (C=O) groups excluding carboxylic acids is 1. The first-order chi connectivity index (χ1) is 18.8. The van der Waals surface area contributed by atoms with Crippen molar-refractivity contribution in [2.45, 2.75) is 30.8 Å². The normalized spacial score (nSPS) is 15.4. The third-order valence-corrected chi connectivity index (χ3v) is 8.26. The van der Waals surface area contributed by atoms with Gasteiger partial charge in [-0.3, -0.25) is 4.79 Å². The molecule has 0 radical (unpaired) electrons. The molecule has 1 amide bonds. The third kappa shape index (κ3) is 5.56. The van der Waals surface area contributed by atoms with Crippen LogP contribution in [0.5, 0.6) is 5.75 Å². The van der Waals surface area contributed by atoms with Gasteiger partial charge in [-0.1, -0.05) is 36.4 Å². The molecule has 1 aromatic heterocycles. The molecule has 11 heteroatoms. The molecule has 4 aromatic rings. The Hall–Kier alpha value is -4.06. The van der Waals surface area contributed by atoms with Crippen molar-refractivity contribution >= 4 is 38.2 Å². The van der Waals surface area contributed by atoms with E-state index in [0.717, 1.165) is 23.6 Å². The number of benzene rings is 3. The molecule has 39 heavy (non-hydrogen) atoms. The summed E-state index contributed by atoms with van der Waals surface area (Å²) in [6.45, 7) is 2.65. The standard InChI is InChI=1S/C28H29N5O5S/c1-17-9-10-18(14-25(17)39(35,36)30-16-20-6-5-13-38-20)26-21-7-3-4-8-22(21)28(33-32-26)31-19-11-12-24(37-2)23(15-19)27(29)34/h3-4,7-12,14-15,20,30H,5-6,13,16H2,1-2H3,(H2,29,34)(H,31,33)/t20-/m1/s1. The van der Waals surface area contributed by atoms with Gasteiger partial charge in [-0.2, -0.15) is 0 Å². The Labute approximate surface area is 226 Å². The molecule has 0 bridgehead atoms. The first kappa shape index (κ1) is 26.5. The predicted octanol–water partition coefficient (Wildman–Crippen LogP) is 3.91. The van der Waals surface area contributed by atoms with Crippen molar-refractivity contribution in [2.24, 2.45) is 5.73 Å². The van der Waals surface area contributed by atoms with Gasteiger partial charge in [0.2, 0.25) is 10.0 Å². The van der Waals surface area contributed by atoms with E-state index in [2.05, 4.69) is 20.2 Å². The highest BCUT2D eigenvalue weighted by atomic mass is 32.2. The van der Waals surface area contributed by atoms with E-state index in [9.17, 15) is 13.2 Å². The minimum atomic E-state index is -3.77. The maximum absolute atomic E-state index is 13.2. The van der Waals surface area contributed by atoms with E-state index in [4.69, 9.17) is 15.2 Å². The van der Waals surface area contributed by atoms with E-state index in [-0.39, 0.29) is 23.1 Å². The molecular formula is C28H29N5O5S. The molecule has 0 spiro atoms. The molecule has 2 heterocycles. The minimum absolute atomic E-state index is 0.108. The number of rotatable bonds is 9. The number of anilines is 2. The number of hydrogen-bond acceptors (Lipinski definition) is 8. The number of fused-ring (bicyclic) bond motifs is 1. The van der Waals surface area contributed by atoms with Crippen LogP contribution < -0.4 is 20.5 Å². The number of ether oxygens (including phenoxy) is 2. The van der Waals surface area contributed by atoms with Gasteiger partial charge in [0, 0.05) is 35.2 Å². The molecule has 5 rings (SSSR count). The lowest BCUT2D eigenvalue weighted by molar-refractivity contribution is 0.0997. The summed E-state index contributed by atoms with van der Waals surface area (Å²) < 4.78 is 39.8. The Morgan fingerprint density at radius 3 is 2.62 bits per heavy atom. The van der Waals surface area contributed by atoms with Crippen LogP contribution in [0.15, 0.2) is 65.6 Å². The summed E-state index contributed by atoms with van der Waals surface area (Å²) in [5.74, 6) is 0.222. The number of methoxy groups -OCH3 is 1. The number of amides is 1. The molecule has 4 N–H and O–H groups in total. The smallest absolute Gasteiger partial charge is 0.252 e. The summed E-state index contributed by atoms with van der Waals surface area (Å²) in [5, 5.41) is 13.6. The number of nitrogens with zero attached hydrogens (tertiary/aromatic N) is 2. The maximum Gasteiger partial charge on any atom is 0.252 e. The second-order valence-electron chi connectivity index (χ2n) is 9.31. The van der Waals surface area contributed by atoms with Gasteiger partial charge in [0.15, 0.2) is 5.82 Å². The molecule has 1 aliphatic heterocycles. The van der Waals surface area contributed by atoms with Gasteiger partial charge in [-0.05, 0) is 49.6 Å². The molecule has 0 saturated carbocycles. The van der Waals surface area contributed by atoms with Crippen LogP contribution in [0, 0.1) is 6.92 Å². The molecule has 202 valence electrons. The zero-order chi connectivity index (χ0) is 27.6. The second-order valence-corrected chi connectivity index (χ2v) is 11.0. The Morgan fingerprint density at radius 1 is 1.10 bits per heavy atom. The van der Waals surface area contributed by atoms with Crippen molar-refractivity contribution in [1.29, 1.82) is 0 Å². The van der Waals surface area contributed by atoms with E-state index in [1.807, 2.05) is 30.3 Å². The van der Waals surface area contributed by atoms with Gasteiger partial charge < -0.3 is 20.5 Å². The molecule has 3 aromatic carbocycles. The summed E-state index contributed by atoms with van der Waals surface area (Å²) in [6.07, 6.45) is 1.66. The molecule has 1 fully saturated rings. The Bertz CT molecular complexity index is 1650. The van der Waals surface area contributed by atoms with E-state index in [1.54, 1.807) is 37.3 Å². The van der Waals surface area contributed by atoms with Gasteiger partial charge in [0.1, 0.15) is 11.4 Å². The summed E-state index contributed by atoms with van der Waals surface area (Å²) in [5.41, 5.74) is 8.10. The van der Waals surface area contributed by atoms with Gasteiger partial charge >= 0.3 is 0 Å². The number of sulfonamides is 1. The number of primary amides is 1. The quantitative estimate of drug-likeness (QED) is 0.286. The Balaban J connectivity index is 1.50. The average Bonchev–Trinajstić information content (AvgIpc) is 3.46. The van der Waals surface area contributed by atoms with Gasteiger partial charge in [-0.15, -0.1) is 10.2 Å². The molecule has 1 aliphatic rings. The number of nitrogens with two attached hydrogens (primary N) is 1. The number of carbonyl (C=O) groups is 1. The topological polar surface area (TPSA) is 146 Å². The van der Waals surface area contributed by atoms with E-state index < -0.39 is 15.9 Å². The fraction of sp³-hybridized carbons (Fsp3) is 0.250. The Kier molecular flexibility index (Phi) is 7.47. The summed E-state index contributed by atoms with van der Waals surface area (Å²) in [4.78, 5) is 12.0. The molecule has 10 nitrogen and oxygen atoms in total. The molecule has 0 aliphatic carbocycles. The summed E-state index contributed by atoms with van der Waals surface area (Å²) >= 11 is 0. The van der Waals surface area contributed by atoms with E-state index >= 15 is 0 Å². The molecule has 0 unspecified atom stereocenters. The van der Waals surface area contributed by atoms with Crippen molar-refractivity contribution in [3.05, 3.63) is 71.8 Å². The SMILES string of the molecule is COc1ccc(Nc2nnc(-c3ccc(C)c(S(=O)(=O)NC[C@H]4CCCO4)c3)c3ccccc23)cc1C(N)=O. The fourth-order valence-corrected chi connectivity index (χ4v) is 5.98. The first-order valence-electron chi connectivity index (χ1n) is 12.5. The van der Waals surface area contributed by atoms with Crippen LogP contribution in [-0.4, -0.2) is 50.9 Å².